The topological polar surface area (TPSA) is 85.8 Å². The number of anilines is 1. The van der Waals surface area contributed by atoms with E-state index < -0.39 is 0 Å². The minimum absolute atomic E-state index is 0.280. The molecule has 0 aliphatic rings. The van der Waals surface area contributed by atoms with Gasteiger partial charge in [0.25, 0.3) is 5.91 Å². The lowest BCUT2D eigenvalue weighted by Gasteiger charge is -2.09. The molecule has 0 aliphatic heterocycles. The molecule has 0 fully saturated rings. The highest BCUT2D eigenvalue weighted by Crippen LogP contribution is 2.28. The van der Waals surface area contributed by atoms with E-state index in [0.29, 0.717) is 40.9 Å². The standard InChI is InChI=1S/C27H24FN5O/c28-20-14-12-19(13-15-20)17-33-25(29)23(24-26(33)32-22-11-5-4-10-21(22)31-24)27(34)30-16-6-9-18-7-2-1-3-8-18/h1-5,7-8,10-15H,6,9,16-17,29H2,(H,30,34). The summed E-state index contributed by atoms with van der Waals surface area (Å²) in [7, 11) is 0. The van der Waals surface area contributed by atoms with E-state index in [1.54, 1.807) is 16.7 Å². The summed E-state index contributed by atoms with van der Waals surface area (Å²) in [5.41, 5.74) is 11.3. The second-order valence-corrected chi connectivity index (χ2v) is 8.20. The predicted molar refractivity (Wildman–Crippen MR) is 132 cm³/mol. The highest BCUT2D eigenvalue weighted by molar-refractivity contribution is 6.10. The summed E-state index contributed by atoms with van der Waals surface area (Å²) < 4.78 is 15.2. The molecule has 7 heteroatoms. The Kier molecular flexibility index (Phi) is 5.91. The van der Waals surface area contributed by atoms with Crippen LogP contribution >= 0.6 is 0 Å². The molecule has 34 heavy (non-hydrogen) atoms. The second kappa shape index (κ2) is 9.31. The Morgan fingerprint density at radius 1 is 0.882 bits per heavy atom. The summed E-state index contributed by atoms with van der Waals surface area (Å²) in [5, 5.41) is 2.99. The number of carbonyl (C=O) groups is 1. The van der Waals surface area contributed by atoms with Crippen molar-refractivity contribution in [2.45, 2.75) is 19.4 Å². The van der Waals surface area contributed by atoms with Crippen LogP contribution in [-0.2, 0) is 13.0 Å². The number of carbonyl (C=O) groups excluding carboxylic acids is 1. The maximum absolute atomic E-state index is 13.4. The van der Waals surface area contributed by atoms with Gasteiger partial charge in [-0.25, -0.2) is 14.4 Å². The number of nitrogen functional groups attached to an aromatic ring is 1. The van der Waals surface area contributed by atoms with Crippen molar-refractivity contribution in [3.05, 3.63) is 101 Å². The first kappa shape index (κ1) is 21.6. The molecule has 0 spiro atoms. The molecule has 0 aliphatic carbocycles. The molecular weight excluding hydrogens is 429 g/mol. The molecule has 0 saturated carbocycles. The number of aromatic nitrogens is 3. The average Bonchev–Trinajstić information content (AvgIpc) is 3.12. The first-order valence-electron chi connectivity index (χ1n) is 11.2. The third-order valence-corrected chi connectivity index (χ3v) is 5.84. The highest BCUT2D eigenvalue weighted by atomic mass is 19.1. The van der Waals surface area contributed by atoms with Gasteiger partial charge in [0.05, 0.1) is 17.6 Å². The lowest BCUT2D eigenvalue weighted by Crippen LogP contribution is -2.25. The summed E-state index contributed by atoms with van der Waals surface area (Å²) in [6.45, 7) is 0.857. The Hall–Kier alpha value is -4.26. The quantitative estimate of drug-likeness (QED) is 0.349. The van der Waals surface area contributed by atoms with Crippen molar-refractivity contribution >= 4 is 33.9 Å². The Morgan fingerprint density at radius 3 is 2.29 bits per heavy atom. The number of benzene rings is 3. The minimum atomic E-state index is -0.310. The van der Waals surface area contributed by atoms with Crippen LogP contribution in [0.3, 0.4) is 0 Å². The first-order valence-corrected chi connectivity index (χ1v) is 11.2. The number of nitrogens with two attached hydrogens (primary N) is 1. The number of fused-ring (bicyclic) bond motifs is 2. The van der Waals surface area contributed by atoms with Crippen molar-refractivity contribution in [3.63, 3.8) is 0 Å². The molecule has 0 saturated heterocycles. The number of nitrogens with one attached hydrogen (secondary N) is 1. The predicted octanol–water partition coefficient (Wildman–Crippen LogP) is 4.72. The fraction of sp³-hybridized carbons (Fsp3) is 0.148. The molecule has 0 bridgehead atoms. The van der Waals surface area contributed by atoms with Gasteiger partial charge < -0.3 is 15.6 Å². The minimum Gasteiger partial charge on any atom is -0.384 e. The van der Waals surface area contributed by atoms with E-state index in [1.807, 2.05) is 42.5 Å². The van der Waals surface area contributed by atoms with E-state index >= 15 is 0 Å². The first-order chi connectivity index (χ1) is 16.6. The molecule has 0 atom stereocenters. The molecule has 3 N–H and O–H groups in total. The Bertz CT molecular complexity index is 1460. The van der Waals surface area contributed by atoms with Crippen molar-refractivity contribution in [1.29, 1.82) is 0 Å². The van der Waals surface area contributed by atoms with Gasteiger partial charge in [0, 0.05) is 6.54 Å². The van der Waals surface area contributed by atoms with E-state index in [4.69, 9.17) is 15.7 Å². The number of hydrogen-bond acceptors (Lipinski definition) is 4. The number of amides is 1. The summed E-state index contributed by atoms with van der Waals surface area (Å²) in [4.78, 5) is 22.7. The van der Waals surface area contributed by atoms with Crippen LogP contribution in [0.4, 0.5) is 10.2 Å². The number of halogens is 1. The van der Waals surface area contributed by atoms with Gasteiger partial charge in [0.2, 0.25) is 0 Å². The second-order valence-electron chi connectivity index (χ2n) is 8.20. The van der Waals surface area contributed by atoms with Crippen LogP contribution in [0.5, 0.6) is 0 Å². The molecule has 0 radical (unpaired) electrons. The monoisotopic (exact) mass is 453 g/mol. The van der Waals surface area contributed by atoms with Crippen molar-refractivity contribution in [3.8, 4) is 0 Å². The van der Waals surface area contributed by atoms with E-state index in [1.165, 1.54) is 17.7 Å². The van der Waals surface area contributed by atoms with Crippen LogP contribution in [0, 0.1) is 5.82 Å². The van der Waals surface area contributed by atoms with Crippen molar-refractivity contribution in [2.24, 2.45) is 0 Å². The van der Waals surface area contributed by atoms with Crippen molar-refractivity contribution < 1.29 is 9.18 Å². The van der Waals surface area contributed by atoms with E-state index in [9.17, 15) is 9.18 Å². The zero-order chi connectivity index (χ0) is 23.5. The molecule has 170 valence electrons. The summed E-state index contributed by atoms with van der Waals surface area (Å²) >= 11 is 0. The largest absolute Gasteiger partial charge is 0.384 e. The molecule has 5 aromatic rings. The fourth-order valence-electron chi connectivity index (χ4n) is 4.10. The lowest BCUT2D eigenvalue weighted by atomic mass is 10.1. The summed E-state index contributed by atoms with van der Waals surface area (Å²) in [6.07, 6.45) is 1.67. The summed E-state index contributed by atoms with van der Waals surface area (Å²) in [5.74, 6) is -0.302. The van der Waals surface area contributed by atoms with Gasteiger partial charge in [0.15, 0.2) is 5.65 Å². The van der Waals surface area contributed by atoms with Gasteiger partial charge in [-0.05, 0) is 48.2 Å². The van der Waals surface area contributed by atoms with Crippen LogP contribution in [-0.4, -0.2) is 27.0 Å². The van der Waals surface area contributed by atoms with Crippen molar-refractivity contribution in [2.75, 3.05) is 12.3 Å². The molecule has 3 aromatic carbocycles. The highest BCUT2D eigenvalue weighted by Gasteiger charge is 2.24. The average molecular weight is 454 g/mol. The third-order valence-electron chi connectivity index (χ3n) is 5.84. The third kappa shape index (κ3) is 4.32. The zero-order valence-corrected chi connectivity index (χ0v) is 18.5. The maximum atomic E-state index is 13.4. The fourth-order valence-corrected chi connectivity index (χ4v) is 4.10. The Balaban J connectivity index is 1.47. The van der Waals surface area contributed by atoms with Crippen LogP contribution in [0.2, 0.25) is 0 Å². The number of nitrogens with zero attached hydrogens (tertiary/aromatic N) is 3. The number of rotatable bonds is 7. The lowest BCUT2D eigenvalue weighted by molar-refractivity contribution is 0.0955. The number of aryl methyl sites for hydroxylation is 1. The van der Waals surface area contributed by atoms with Crippen LogP contribution in [0.1, 0.15) is 27.9 Å². The molecule has 0 unspecified atom stereocenters. The molecule has 2 aromatic heterocycles. The van der Waals surface area contributed by atoms with Crippen molar-refractivity contribution in [1.82, 2.24) is 19.9 Å². The molecule has 2 heterocycles. The smallest absolute Gasteiger partial charge is 0.257 e. The van der Waals surface area contributed by atoms with Gasteiger partial charge >= 0.3 is 0 Å². The number of para-hydroxylation sites is 2. The van der Waals surface area contributed by atoms with E-state index in [-0.39, 0.29) is 17.5 Å². The number of hydrogen-bond donors (Lipinski definition) is 2. The molecule has 5 rings (SSSR count). The molecule has 1 amide bonds. The van der Waals surface area contributed by atoms with Gasteiger partial charge in [-0.3, -0.25) is 4.79 Å². The van der Waals surface area contributed by atoms with Crippen LogP contribution in [0.25, 0.3) is 22.2 Å². The van der Waals surface area contributed by atoms with Crippen LogP contribution < -0.4 is 11.1 Å². The molecular formula is C27H24FN5O. The SMILES string of the molecule is Nc1c(C(=O)NCCCc2ccccc2)c2nc3ccccc3nc2n1Cc1ccc(F)cc1. The van der Waals surface area contributed by atoms with Gasteiger partial charge in [0.1, 0.15) is 22.7 Å². The van der Waals surface area contributed by atoms with Gasteiger partial charge in [-0.1, -0.05) is 54.6 Å². The maximum Gasteiger partial charge on any atom is 0.257 e. The van der Waals surface area contributed by atoms with Gasteiger partial charge in [-0.2, -0.15) is 0 Å². The van der Waals surface area contributed by atoms with E-state index in [0.717, 1.165) is 18.4 Å². The molecule has 6 nitrogen and oxygen atoms in total. The normalized spacial score (nSPS) is 11.2. The Morgan fingerprint density at radius 2 is 1.56 bits per heavy atom. The van der Waals surface area contributed by atoms with Gasteiger partial charge in [-0.15, -0.1) is 0 Å². The Labute approximate surface area is 196 Å². The van der Waals surface area contributed by atoms with E-state index in [2.05, 4.69) is 17.4 Å². The zero-order valence-electron chi connectivity index (χ0n) is 18.5. The summed E-state index contributed by atoms with van der Waals surface area (Å²) in [6, 6.07) is 23.8. The van der Waals surface area contributed by atoms with Crippen LogP contribution in [0.15, 0.2) is 78.9 Å².